The third-order valence-electron chi connectivity index (χ3n) is 7.76. The van der Waals surface area contributed by atoms with Crippen LogP contribution >= 0.6 is 11.8 Å². The van der Waals surface area contributed by atoms with Crippen LogP contribution in [0.1, 0.15) is 74.9 Å². The highest BCUT2D eigenvalue weighted by Gasteiger charge is 2.33. The maximum Gasteiger partial charge on any atom is 0.309 e. The number of rotatable bonds is 12. The van der Waals surface area contributed by atoms with Crippen LogP contribution < -0.4 is 9.47 Å². The molecule has 0 spiro atoms. The van der Waals surface area contributed by atoms with Gasteiger partial charge in [-0.3, -0.25) is 9.78 Å². The fraction of sp³-hybridized carbons (Fsp3) is 0.342. The number of aromatic amines is 1. The van der Waals surface area contributed by atoms with Gasteiger partial charge in [-0.25, -0.2) is 4.98 Å². The number of aliphatic carboxylic acids is 1. The van der Waals surface area contributed by atoms with Crippen molar-refractivity contribution < 1.29 is 19.4 Å². The van der Waals surface area contributed by atoms with E-state index in [-0.39, 0.29) is 10.00 Å². The molecule has 2 aromatic carbocycles. The van der Waals surface area contributed by atoms with Crippen molar-refractivity contribution in [2.45, 2.75) is 71.5 Å². The number of hydrogen-bond donors (Lipinski definition) is 2. The molecule has 0 aliphatic carbocycles. The molecule has 8 heteroatoms. The monoisotopic (exact) mass is 637 g/mol. The second-order valence-corrected chi connectivity index (χ2v) is 15.2. The van der Waals surface area contributed by atoms with Crippen molar-refractivity contribution in [2.75, 3.05) is 6.61 Å². The smallest absolute Gasteiger partial charge is 0.309 e. The molecule has 0 aliphatic rings. The molecule has 1 unspecified atom stereocenters. The lowest BCUT2D eigenvalue weighted by molar-refractivity contribution is -0.146. The third-order valence-corrected chi connectivity index (χ3v) is 9.21. The average molecular weight is 638 g/mol. The van der Waals surface area contributed by atoms with Gasteiger partial charge in [0.1, 0.15) is 12.4 Å². The number of fused-ring (bicyclic) bond motifs is 1. The predicted octanol–water partition coefficient (Wildman–Crippen LogP) is 9.19. The van der Waals surface area contributed by atoms with Gasteiger partial charge in [0, 0.05) is 51.8 Å². The van der Waals surface area contributed by atoms with Crippen LogP contribution in [-0.4, -0.2) is 37.4 Å². The third kappa shape index (κ3) is 7.91. The van der Waals surface area contributed by atoms with Crippen LogP contribution in [-0.2, 0) is 17.8 Å². The predicted molar refractivity (Wildman–Crippen MR) is 187 cm³/mol. The number of nitrogens with one attached hydrogen (secondary N) is 1. The van der Waals surface area contributed by atoms with Crippen molar-refractivity contribution in [3.8, 4) is 22.8 Å². The normalized spacial score (nSPS) is 12.7. The van der Waals surface area contributed by atoms with Crippen LogP contribution in [0.5, 0.6) is 11.6 Å². The Morgan fingerprint density at radius 3 is 2.26 bits per heavy atom. The van der Waals surface area contributed by atoms with Crippen LogP contribution in [0.2, 0.25) is 0 Å². The highest BCUT2D eigenvalue weighted by Crippen LogP contribution is 2.48. The molecule has 0 amide bonds. The van der Waals surface area contributed by atoms with Crippen LogP contribution in [0.25, 0.3) is 22.0 Å². The van der Waals surface area contributed by atoms with E-state index in [1.165, 1.54) is 0 Å². The summed E-state index contributed by atoms with van der Waals surface area (Å²) in [6.45, 7) is 15.1. The van der Waals surface area contributed by atoms with Gasteiger partial charge in [0.25, 0.3) is 0 Å². The van der Waals surface area contributed by atoms with E-state index < -0.39 is 11.4 Å². The van der Waals surface area contributed by atoms with E-state index >= 15 is 0 Å². The first-order valence-electron chi connectivity index (χ1n) is 15.6. The number of aromatic nitrogens is 3. The molecule has 0 aliphatic heterocycles. The Morgan fingerprint density at radius 2 is 1.65 bits per heavy atom. The highest BCUT2D eigenvalue weighted by molar-refractivity contribution is 8.01. The van der Waals surface area contributed by atoms with E-state index in [9.17, 15) is 9.90 Å². The van der Waals surface area contributed by atoms with Gasteiger partial charge in [0.2, 0.25) is 5.88 Å². The zero-order chi connectivity index (χ0) is 33.1. The fourth-order valence-electron chi connectivity index (χ4n) is 5.32. The Bertz CT molecular complexity index is 1790. The summed E-state index contributed by atoms with van der Waals surface area (Å²) in [5.41, 5.74) is 7.14. The Hall–Kier alpha value is -4.30. The van der Waals surface area contributed by atoms with Crippen molar-refractivity contribution in [3.05, 3.63) is 107 Å². The molecule has 2 N–H and O–H groups in total. The van der Waals surface area contributed by atoms with E-state index in [4.69, 9.17) is 9.47 Å². The Morgan fingerprint density at radius 1 is 0.913 bits per heavy atom. The number of carboxylic acid groups (broad SMARTS) is 1. The Kier molecular flexibility index (Phi) is 9.77. The van der Waals surface area contributed by atoms with Gasteiger partial charge in [-0.05, 0) is 80.3 Å². The topological polar surface area (TPSA) is 97.3 Å². The summed E-state index contributed by atoms with van der Waals surface area (Å²) in [7, 11) is 0. The number of carbonyl (C=O) groups is 1. The summed E-state index contributed by atoms with van der Waals surface area (Å²) in [5, 5.41) is 11.0. The SMILES string of the molecule is CCOc1ccc(-c2ccc(C(SC(C)(C)C)c3c(CC(C)(C)C(=O)O)[nH]c4ccc(OCc5ccc(C)cn5)cc34)cc2)cn1. The molecule has 3 heterocycles. The molecular formula is C38H43N3O4S. The van der Waals surface area contributed by atoms with Crippen molar-refractivity contribution in [1.82, 2.24) is 15.0 Å². The Balaban J connectivity index is 1.58. The molecule has 7 nitrogen and oxygen atoms in total. The number of benzene rings is 2. The second kappa shape index (κ2) is 13.6. The lowest BCUT2D eigenvalue weighted by Gasteiger charge is -2.28. The molecule has 0 saturated heterocycles. The molecule has 5 rings (SSSR count). The standard InChI is InChI=1S/C38H43N3O4S/c1-8-44-33-18-14-27(22-40-33)25-10-12-26(13-11-25)35(46-37(3,4)5)34-30-19-29(45-23-28-15-9-24(2)21-39-28)16-17-31(30)41-32(34)20-38(6,7)36(42)43/h9-19,21-22,35,41H,8,20,23H2,1-7H3,(H,42,43). The van der Waals surface area contributed by atoms with Gasteiger partial charge in [0.05, 0.1) is 23.0 Å². The molecule has 46 heavy (non-hydrogen) atoms. The molecule has 0 saturated carbocycles. The zero-order valence-electron chi connectivity index (χ0n) is 27.7. The number of aryl methyl sites for hydroxylation is 1. The van der Waals surface area contributed by atoms with Crippen molar-refractivity contribution in [2.24, 2.45) is 5.41 Å². The van der Waals surface area contributed by atoms with Crippen LogP contribution in [0.3, 0.4) is 0 Å². The number of ether oxygens (including phenoxy) is 2. The molecule has 3 aromatic heterocycles. The molecule has 240 valence electrons. The van der Waals surface area contributed by atoms with E-state index in [1.54, 1.807) is 13.8 Å². The molecule has 0 bridgehead atoms. The molecule has 5 aromatic rings. The minimum Gasteiger partial charge on any atom is -0.487 e. The summed E-state index contributed by atoms with van der Waals surface area (Å²) in [6, 6.07) is 22.6. The molecule has 0 fully saturated rings. The van der Waals surface area contributed by atoms with Gasteiger partial charge in [-0.2, -0.15) is 0 Å². The minimum atomic E-state index is -0.965. The lowest BCUT2D eigenvalue weighted by atomic mass is 9.85. The first-order chi connectivity index (χ1) is 21.8. The van der Waals surface area contributed by atoms with E-state index in [1.807, 2.05) is 74.4 Å². The number of H-pyrrole nitrogens is 1. The van der Waals surface area contributed by atoms with Crippen molar-refractivity contribution >= 4 is 28.6 Å². The first kappa shape index (κ1) is 33.1. The van der Waals surface area contributed by atoms with E-state index in [0.29, 0.717) is 25.5 Å². The minimum absolute atomic E-state index is 0.0742. The van der Waals surface area contributed by atoms with Crippen LogP contribution in [0.15, 0.2) is 79.1 Å². The Labute approximate surface area is 275 Å². The first-order valence-corrected chi connectivity index (χ1v) is 16.5. The summed E-state index contributed by atoms with van der Waals surface area (Å²) in [5.74, 6) is 0.510. The second-order valence-electron chi connectivity index (χ2n) is 13.3. The number of thioether (sulfide) groups is 1. The summed E-state index contributed by atoms with van der Waals surface area (Å²) in [6.07, 6.45) is 4.03. The summed E-state index contributed by atoms with van der Waals surface area (Å²) in [4.78, 5) is 24.8. The number of carboxylic acids is 1. The van der Waals surface area contributed by atoms with Gasteiger partial charge in [-0.15, -0.1) is 11.8 Å². The largest absolute Gasteiger partial charge is 0.487 e. The maximum atomic E-state index is 12.3. The van der Waals surface area contributed by atoms with E-state index in [2.05, 4.69) is 66.1 Å². The summed E-state index contributed by atoms with van der Waals surface area (Å²) >= 11 is 1.86. The van der Waals surface area contributed by atoms with Crippen molar-refractivity contribution in [3.63, 3.8) is 0 Å². The van der Waals surface area contributed by atoms with Gasteiger partial charge >= 0.3 is 5.97 Å². The number of hydrogen-bond acceptors (Lipinski definition) is 6. The lowest BCUT2D eigenvalue weighted by Crippen LogP contribution is -2.27. The van der Waals surface area contributed by atoms with Gasteiger partial charge in [0.15, 0.2) is 0 Å². The highest BCUT2D eigenvalue weighted by atomic mass is 32.2. The van der Waals surface area contributed by atoms with Gasteiger partial charge in [-0.1, -0.05) is 51.1 Å². The quantitative estimate of drug-likeness (QED) is 0.141. The molecular weight excluding hydrogens is 595 g/mol. The van der Waals surface area contributed by atoms with E-state index in [0.717, 1.165) is 55.9 Å². The molecule has 0 radical (unpaired) electrons. The van der Waals surface area contributed by atoms with Crippen molar-refractivity contribution in [1.29, 1.82) is 0 Å². The average Bonchev–Trinajstić information content (AvgIpc) is 3.36. The number of pyridine rings is 2. The number of nitrogens with zero attached hydrogens (tertiary/aromatic N) is 2. The van der Waals surface area contributed by atoms with Gasteiger partial charge < -0.3 is 19.6 Å². The fourth-order valence-corrected chi connectivity index (χ4v) is 6.70. The van der Waals surface area contributed by atoms with Crippen LogP contribution in [0.4, 0.5) is 0 Å². The summed E-state index contributed by atoms with van der Waals surface area (Å²) < 4.78 is 11.7. The molecule has 1 atom stereocenters. The maximum absolute atomic E-state index is 12.3. The van der Waals surface area contributed by atoms with Crippen LogP contribution in [0, 0.1) is 12.3 Å². The zero-order valence-corrected chi connectivity index (χ0v) is 28.5.